The van der Waals surface area contributed by atoms with E-state index in [0.717, 1.165) is 17.7 Å². The van der Waals surface area contributed by atoms with Gasteiger partial charge >= 0.3 is 0 Å². The molecule has 0 radical (unpaired) electrons. The molecule has 0 aliphatic heterocycles. The first-order valence-electron chi connectivity index (χ1n) is 8.94. The second-order valence-corrected chi connectivity index (χ2v) is 5.77. The van der Waals surface area contributed by atoms with Crippen molar-refractivity contribution in [3.8, 4) is 11.5 Å². The van der Waals surface area contributed by atoms with E-state index < -0.39 is 0 Å². The van der Waals surface area contributed by atoms with Crippen LogP contribution in [0, 0.1) is 5.92 Å². The van der Waals surface area contributed by atoms with Crippen LogP contribution in [0.15, 0.2) is 18.2 Å². The third-order valence-electron chi connectivity index (χ3n) is 3.83. The van der Waals surface area contributed by atoms with Crippen molar-refractivity contribution >= 4 is 11.8 Å². The molecule has 2 amide bonds. The number of carbonyl (C=O) groups is 2. The van der Waals surface area contributed by atoms with E-state index in [1.807, 2.05) is 45.9 Å². The van der Waals surface area contributed by atoms with E-state index in [9.17, 15) is 9.59 Å². The van der Waals surface area contributed by atoms with E-state index in [1.165, 1.54) is 0 Å². The van der Waals surface area contributed by atoms with Crippen LogP contribution in [0.1, 0.15) is 39.7 Å². The summed E-state index contributed by atoms with van der Waals surface area (Å²) in [5, 5.41) is 5.45. The lowest BCUT2D eigenvalue weighted by molar-refractivity contribution is -0.128. The van der Waals surface area contributed by atoms with E-state index in [1.54, 1.807) is 0 Å². The molecular weight excluding hydrogens is 320 g/mol. The molecule has 0 heterocycles. The summed E-state index contributed by atoms with van der Waals surface area (Å²) in [4.78, 5) is 23.4. The number of rotatable bonds is 11. The summed E-state index contributed by atoms with van der Waals surface area (Å²) >= 11 is 0. The third-order valence-corrected chi connectivity index (χ3v) is 3.83. The lowest BCUT2D eigenvalue weighted by atomic mass is 10.1. The summed E-state index contributed by atoms with van der Waals surface area (Å²) in [5.74, 6) is 1.09. The lowest BCUT2D eigenvalue weighted by Gasteiger charge is -2.13. The Morgan fingerprint density at radius 2 is 1.72 bits per heavy atom. The number of ether oxygens (including phenoxy) is 2. The minimum absolute atomic E-state index is 0.0106. The highest BCUT2D eigenvalue weighted by molar-refractivity contribution is 5.85. The Balaban J connectivity index is 2.43. The number of amides is 2. The van der Waals surface area contributed by atoms with Crippen LogP contribution in [0.5, 0.6) is 11.5 Å². The highest BCUT2D eigenvalue weighted by atomic mass is 16.5. The van der Waals surface area contributed by atoms with E-state index in [0.29, 0.717) is 31.9 Å². The molecule has 0 fully saturated rings. The molecule has 1 atom stereocenters. The van der Waals surface area contributed by atoms with Gasteiger partial charge in [0.2, 0.25) is 11.8 Å². The van der Waals surface area contributed by atoms with Gasteiger partial charge in [-0.05, 0) is 44.4 Å². The second kappa shape index (κ2) is 11.3. The maximum absolute atomic E-state index is 11.8. The van der Waals surface area contributed by atoms with E-state index in [-0.39, 0.29) is 24.3 Å². The van der Waals surface area contributed by atoms with Crippen molar-refractivity contribution in [3.05, 3.63) is 23.8 Å². The van der Waals surface area contributed by atoms with Crippen LogP contribution in [0.25, 0.3) is 0 Å². The van der Waals surface area contributed by atoms with E-state index in [4.69, 9.17) is 9.47 Å². The molecular formula is C19H30N2O4. The highest BCUT2D eigenvalue weighted by Crippen LogP contribution is 2.28. The Labute approximate surface area is 150 Å². The van der Waals surface area contributed by atoms with Gasteiger partial charge in [0.15, 0.2) is 11.5 Å². The van der Waals surface area contributed by atoms with Crippen molar-refractivity contribution in [2.24, 2.45) is 5.92 Å². The number of hydrogen-bond donors (Lipinski definition) is 2. The molecule has 0 aliphatic rings. The lowest BCUT2D eigenvalue weighted by Crippen LogP contribution is -2.39. The van der Waals surface area contributed by atoms with Crippen LogP contribution < -0.4 is 20.1 Å². The molecule has 0 saturated heterocycles. The number of benzene rings is 1. The molecule has 1 aromatic carbocycles. The predicted molar refractivity (Wildman–Crippen MR) is 98.0 cm³/mol. The van der Waals surface area contributed by atoms with Crippen LogP contribution in [-0.4, -0.2) is 38.1 Å². The fourth-order valence-corrected chi connectivity index (χ4v) is 2.19. The van der Waals surface area contributed by atoms with Crippen molar-refractivity contribution in [2.45, 2.75) is 40.5 Å². The van der Waals surface area contributed by atoms with Crippen molar-refractivity contribution < 1.29 is 19.1 Å². The maximum Gasteiger partial charge on any atom is 0.239 e. The van der Waals surface area contributed by atoms with Gasteiger partial charge in [-0.1, -0.05) is 19.9 Å². The summed E-state index contributed by atoms with van der Waals surface area (Å²) in [6.07, 6.45) is 1.44. The standard InChI is InChI=1S/C19H30N2O4/c1-5-14(4)19(23)21-13-18(22)20-11-10-15-8-9-16(24-6-2)17(12-15)25-7-3/h8-9,12,14H,5-7,10-11,13H2,1-4H3,(H,20,22)(H,21,23). The Bertz CT molecular complexity index is 560. The van der Waals surface area contributed by atoms with Crippen molar-refractivity contribution in [2.75, 3.05) is 26.3 Å². The predicted octanol–water partition coefficient (Wildman–Crippen LogP) is 2.30. The zero-order valence-corrected chi connectivity index (χ0v) is 15.7. The van der Waals surface area contributed by atoms with Gasteiger partial charge in [0.25, 0.3) is 0 Å². The normalized spacial score (nSPS) is 11.5. The molecule has 0 saturated carbocycles. The van der Waals surface area contributed by atoms with Crippen LogP contribution in [-0.2, 0) is 16.0 Å². The molecule has 1 aromatic rings. The molecule has 0 spiro atoms. The summed E-state index contributed by atoms with van der Waals surface area (Å²) in [5.41, 5.74) is 1.05. The van der Waals surface area contributed by atoms with Gasteiger partial charge in [0, 0.05) is 12.5 Å². The molecule has 1 unspecified atom stereocenters. The fourth-order valence-electron chi connectivity index (χ4n) is 2.19. The number of carbonyl (C=O) groups excluding carboxylic acids is 2. The topological polar surface area (TPSA) is 76.7 Å². The molecule has 2 N–H and O–H groups in total. The van der Waals surface area contributed by atoms with Gasteiger partial charge in [0.1, 0.15) is 0 Å². The van der Waals surface area contributed by atoms with Gasteiger partial charge in [-0.15, -0.1) is 0 Å². The van der Waals surface area contributed by atoms with E-state index >= 15 is 0 Å². The Kier molecular flexibility index (Phi) is 9.43. The first-order valence-corrected chi connectivity index (χ1v) is 8.94. The number of nitrogens with one attached hydrogen (secondary N) is 2. The number of hydrogen-bond acceptors (Lipinski definition) is 4. The fraction of sp³-hybridized carbons (Fsp3) is 0.579. The minimum Gasteiger partial charge on any atom is -0.490 e. The van der Waals surface area contributed by atoms with Gasteiger partial charge in [-0.25, -0.2) is 0 Å². The quantitative estimate of drug-likeness (QED) is 0.642. The Hall–Kier alpha value is -2.24. The zero-order chi connectivity index (χ0) is 18.7. The van der Waals surface area contributed by atoms with Crippen LogP contribution in [0.2, 0.25) is 0 Å². The van der Waals surface area contributed by atoms with Gasteiger partial charge in [0.05, 0.1) is 19.8 Å². The molecule has 25 heavy (non-hydrogen) atoms. The summed E-state index contributed by atoms with van der Waals surface area (Å²) < 4.78 is 11.1. The van der Waals surface area contributed by atoms with Crippen molar-refractivity contribution in [1.29, 1.82) is 0 Å². The average molecular weight is 350 g/mol. The van der Waals surface area contributed by atoms with Crippen LogP contribution in [0.3, 0.4) is 0 Å². The third kappa shape index (κ3) is 7.45. The Morgan fingerprint density at radius 3 is 2.36 bits per heavy atom. The summed E-state index contributed by atoms with van der Waals surface area (Å²) in [7, 11) is 0. The first kappa shape index (κ1) is 20.8. The van der Waals surface area contributed by atoms with Gasteiger partial charge < -0.3 is 20.1 Å². The van der Waals surface area contributed by atoms with Crippen molar-refractivity contribution in [1.82, 2.24) is 10.6 Å². The first-order chi connectivity index (χ1) is 12.0. The molecule has 1 rings (SSSR count). The van der Waals surface area contributed by atoms with Gasteiger partial charge in [-0.2, -0.15) is 0 Å². The largest absolute Gasteiger partial charge is 0.490 e. The molecule has 0 bridgehead atoms. The highest BCUT2D eigenvalue weighted by Gasteiger charge is 2.11. The molecule has 0 aliphatic carbocycles. The summed E-state index contributed by atoms with van der Waals surface area (Å²) in [6.45, 7) is 9.30. The maximum atomic E-state index is 11.8. The zero-order valence-electron chi connectivity index (χ0n) is 15.7. The SMILES string of the molecule is CCOc1ccc(CCNC(=O)CNC(=O)C(C)CC)cc1OCC. The molecule has 0 aromatic heterocycles. The second-order valence-electron chi connectivity index (χ2n) is 5.77. The van der Waals surface area contributed by atoms with Crippen LogP contribution in [0.4, 0.5) is 0 Å². The average Bonchev–Trinajstić information content (AvgIpc) is 2.61. The van der Waals surface area contributed by atoms with E-state index in [2.05, 4.69) is 10.6 Å². The minimum atomic E-state index is -0.187. The van der Waals surface area contributed by atoms with Crippen molar-refractivity contribution in [3.63, 3.8) is 0 Å². The monoisotopic (exact) mass is 350 g/mol. The molecule has 6 nitrogen and oxygen atoms in total. The molecule has 140 valence electrons. The summed E-state index contributed by atoms with van der Waals surface area (Å²) in [6, 6.07) is 5.79. The Morgan fingerprint density at radius 1 is 1.04 bits per heavy atom. The molecule has 6 heteroatoms. The smallest absolute Gasteiger partial charge is 0.239 e. The van der Waals surface area contributed by atoms with Gasteiger partial charge in [-0.3, -0.25) is 9.59 Å². The van der Waals surface area contributed by atoms with Crippen LogP contribution >= 0.6 is 0 Å².